The van der Waals surface area contributed by atoms with Gasteiger partial charge in [-0.2, -0.15) is 0 Å². The summed E-state index contributed by atoms with van der Waals surface area (Å²) < 4.78 is 23.5. The van der Waals surface area contributed by atoms with E-state index in [-0.39, 0.29) is 19.1 Å². The molecule has 288 valence electrons. The number of allylic oxidation sites excluding steroid dienone is 5. The molecule has 0 aromatic rings. The molecule has 9 heteroatoms. The molecule has 0 aliphatic rings. The van der Waals surface area contributed by atoms with Crippen LogP contribution in [0.4, 0.5) is 0 Å². The number of nitrogens with one attached hydrogen (secondary N) is 1. The van der Waals surface area contributed by atoms with E-state index in [4.69, 9.17) is 9.05 Å². The predicted molar refractivity (Wildman–Crippen MR) is 208 cm³/mol. The Kier molecular flexibility index (Phi) is 31.8. The first kappa shape index (κ1) is 47.7. The molecule has 3 N–H and O–H groups in total. The van der Waals surface area contributed by atoms with Gasteiger partial charge in [0.1, 0.15) is 13.2 Å². The first-order chi connectivity index (χ1) is 23.5. The molecule has 0 aliphatic heterocycles. The molecule has 0 rings (SSSR count). The summed E-state index contributed by atoms with van der Waals surface area (Å²) in [6.07, 6.45) is 37.7. The van der Waals surface area contributed by atoms with Crippen molar-refractivity contribution >= 4 is 13.7 Å². The highest BCUT2D eigenvalue weighted by atomic mass is 31.2. The number of hydrogen-bond donors (Lipinski definition) is 3. The average molecular weight is 714 g/mol. The molecule has 0 aliphatic carbocycles. The van der Waals surface area contributed by atoms with Crippen LogP contribution in [0, 0.1) is 0 Å². The second kappa shape index (κ2) is 32.6. The highest BCUT2D eigenvalue weighted by Crippen LogP contribution is 2.43. The fourth-order valence-corrected chi connectivity index (χ4v) is 6.07. The van der Waals surface area contributed by atoms with E-state index in [9.17, 15) is 19.4 Å². The van der Waals surface area contributed by atoms with Gasteiger partial charge >= 0.3 is 7.82 Å². The van der Waals surface area contributed by atoms with Gasteiger partial charge in [-0.1, -0.05) is 127 Å². The van der Waals surface area contributed by atoms with E-state index in [1.807, 2.05) is 27.2 Å². The van der Waals surface area contributed by atoms with Crippen molar-refractivity contribution < 1.29 is 32.9 Å². The summed E-state index contributed by atoms with van der Waals surface area (Å²) in [5.41, 5.74) is 0. The maximum Gasteiger partial charge on any atom is 0.472 e. The van der Waals surface area contributed by atoms with Gasteiger partial charge in [-0.25, -0.2) is 4.57 Å². The Hall–Kier alpha value is -1.28. The molecular formula is C40H78N2O6P+. The van der Waals surface area contributed by atoms with Crippen molar-refractivity contribution in [3.8, 4) is 0 Å². The minimum Gasteiger partial charge on any atom is -0.387 e. The smallest absolute Gasteiger partial charge is 0.387 e. The van der Waals surface area contributed by atoms with Crippen LogP contribution in [-0.2, 0) is 18.4 Å². The number of phosphoric acid groups is 1. The third-order valence-corrected chi connectivity index (χ3v) is 9.54. The molecule has 3 atom stereocenters. The fourth-order valence-electron chi connectivity index (χ4n) is 5.33. The first-order valence-electron chi connectivity index (χ1n) is 19.9. The maximum atomic E-state index is 12.8. The number of amides is 1. The number of hydrogen-bond acceptors (Lipinski definition) is 5. The molecule has 1 amide bonds. The van der Waals surface area contributed by atoms with Gasteiger partial charge in [-0.3, -0.25) is 13.8 Å². The van der Waals surface area contributed by atoms with E-state index >= 15 is 0 Å². The van der Waals surface area contributed by atoms with Crippen molar-refractivity contribution in [2.75, 3.05) is 40.9 Å². The van der Waals surface area contributed by atoms with Crippen LogP contribution in [0.5, 0.6) is 0 Å². The average Bonchev–Trinajstić information content (AvgIpc) is 3.04. The van der Waals surface area contributed by atoms with Gasteiger partial charge in [-0.15, -0.1) is 0 Å². The van der Waals surface area contributed by atoms with Gasteiger partial charge in [0.15, 0.2) is 0 Å². The minimum absolute atomic E-state index is 0.0577. The molecule has 0 aromatic heterocycles. The van der Waals surface area contributed by atoms with Crippen LogP contribution >= 0.6 is 7.82 Å². The monoisotopic (exact) mass is 714 g/mol. The van der Waals surface area contributed by atoms with Gasteiger partial charge < -0.3 is 19.8 Å². The van der Waals surface area contributed by atoms with E-state index < -0.39 is 20.0 Å². The molecule has 0 bridgehead atoms. The molecule has 0 radical (unpaired) electrons. The molecular weight excluding hydrogens is 635 g/mol. The predicted octanol–water partition coefficient (Wildman–Crippen LogP) is 10.4. The lowest BCUT2D eigenvalue weighted by molar-refractivity contribution is -0.870. The zero-order valence-corrected chi connectivity index (χ0v) is 33.3. The number of aliphatic hydroxyl groups is 1. The summed E-state index contributed by atoms with van der Waals surface area (Å²) in [6, 6.07) is -0.851. The van der Waals surface area contributed by atoms with Crippen molar-refractivity contribution in [3.63, 3.8) is 0 Å². The van der Waals surface area contributed by atoms with Gasteiger partial charge in [0, 0.05) is 6.42 Å². The number of unbranched alkanes of at least 4 members (excludes halogenated alkanes) is 18. The van der Waals surface area contributed by atoms with E-state index in [2.05, 4.69) is 43.5 Å². The van der Waals surface area contributed by atoms with Crippen molar-refractivity contribution in [3.05, 3.63) is 36.5 Å². The summed E-state index contributed by atoms with van der Waals surface area (Å²) in [6.45, 7) is 4.71. The SMILES string of the molecule is CCC/C=C/CCCCCCCC/C=C/[C@@H](O)[C@H](COP(=O)(O)OCC[N+](C)(C)C)NC(=O)CCCCCCC/C=C/CCCCCCC. The highest BCUT2D eigenvalue weighted by molar-refractivity contribution is 7.47. The van der Waals surface area contributed by atoms with E-state index in [0.717, 1.165) is 51.4 Å². The Morgan fingerprint density at radius 3 is 1.65 bits per heavy atom. The second-order valence-electron chi connectivity index (χ2n) is 14.6. The molecule has 0 spiro atoms. The van der Waals surface area contributed by atoms with Crippen LogP contribution in [0.3, 0.4) is 0 Å². The number of rotatable bonds is 35. The summed E-state index contributed by atoms with van der Waals surface area (Å²) in [5, 5.41) is 13.7. The van der Waals surface area contributed by atoms with E-state index in [1.54, 1.807) is 6.08 Å². The molecule has 1 unspecified atom stereocenters. The van der Waals surface area contributed by atoms with Crippen molar-refractivity contribution in [2.45, 2.75) is 174 Å². The molecule has 0 saturated carbocycles. The number of quaternary nitrogens is 1. The number of carbonyl (C=O) groups is 1. The lowest BCUT2D eigenvalue weighted by atomic mass is 10.1. The van der Waals surface area contributed by atoms with E-state index in [0.29, 0.717) is 17.4 Å². The Labute approximate surface area is 302 Å². The second-order valence-corrected chi connectivity index (χ2v) is 16.1. The lowest BCUT2D eigenvalue weighted by Crippen LogP contribution is -2.45. The topological polar surface area (TPSA) is 105 Å². The third kappa shape index (κ3) is 34.9. The summed E-state index contributed by atoms with van der Waals surface area (Å²) in [5.74, 6) is -0.192. The van der Waals surface area contributed by atoms with Crippen LogP contribution < -0.4 is 5.32 Å². The van der Waals surface area contributed by atoms with Crippen LogP contribution in [0.15, 0.2) is 36.5 Å². The molecule has 0 heterocycles. The van der Waals surface area contributed by atoms with Crippen molar-refractivity contribution in [2.24, 2.45) is 0 Å². The highest BCUT2D eigenvalue weighted by Gasteiger charge is 2.27. The Bertz CT molecular complexity index is 902. The van der Waals surface area contributed by atoms with Crippen molar-refractivity contribution in [1.82, 2.24) is 5.32 Å². The quantitative estimate of drug-likeness (QED) is 0.0261. The Morgan fingerprint density at radius 1 is 0.673 bits per heavy atom. The number of carbonyl (C=O) groups excluding carboxylic acids is 1. The number of likely N-dealkylation sites (N-methyl/N-ethyl adjacent to an activating group) is 1. The fraction of sp³-hybridized carbons (Fsp3) is 0.825. The Morgan fingerprint density at radius 2 is 1.14 bits per heavy atom. The summed E-state index contributed by atoms with van der Waals surface area (Å²) in [7, 11) is 1.56. The first-order valence-corrected chi connectivity index (χ1v) is 21.4. The maximum absolute atomic E-state index is 12.8. The minimum atomic E-state index is -4.33. The van der Waals surface area contributed by atoms with Gasteiger partial charge in [0.05, 0.1) is 39.9 Å². The van der Waals surface area contributed by atoms with Gasteiger partial charge in [0.2, 0.25) is 5.91 Å². The normalized spacial score (nSPS) is 15.0. The molecule has 8 nitrogen and oxygen atoms in total. The van der Waals surface area contributed by atoms with Gasteiger partial charge in [-0.05, 0) is 64.2 Å². The van der Waals surface area contributed by atoms with Gasteiger partial charge in [0.25, 0.3) is 0 Å². The van der Waals surface area contributed by atoms with Crippen LogP contribution in [-0.4, -0.2) is 73.4 Å². The third-order valence-electron chi connectivity index (χ3n) is 8.55. The molecule has 0 aromatic carbocycles. The molecule has 0 fully saturated rings. The zero-order chi connectivity index (χ0) is 36.5. The van der Waals surface area contributed by atoms with Crippen LogP contribution in [0.1, 0.15) is 162 Å². The number of aliphatic hydroxyl groups excluding tert-OH is 1. The zero-order valence-electron chi connectivity index (χ0n) is 32.4. The largest absolute Gasteiger partial charge is 0.472 e. The Balaban J connectivity index is 4.55. The van der Waals surface area contributed by atoms with Crippen molar-refractivity contribution in [1.29, 1.82) is 0 Å². The summed E-state index contributed by atoms with van der Waals surface area (Å²) >= 11 is 0. The molecule has 49 heavy (non-hydrogen) atoms. The number of nitrogens with zero attached hydrogens (tertiary/aromatic N) is 1. The van der Waals surface area contributed by atoms with Crippen LogP contribution in [0.25, 0.3) is 0 Å². The number of phosphoric ester groups is 1. The molecule has 0 saturated heterocycles. The lowest BCUT2D eigenvalue weighted by Gasteiger charge is -2.25. The van der Waals surface area contributed by atoms with E-state index in [1.165, 1.54) is 89.9 Å². The standard InChI is InChI=1S/C40H77N2O6P/c1-6-8-10-12-14-16-18-20-22-24-26-28-30-32-34-40(44)41-38(37-48-49(45,46)47-36-35-42(3,4)5)39(43)33-31-29-27-25-23-21-19-17-15-13-11-9-7-2/h11,13,18,20,31,33,38-39,43H,6-10,12,14-17,19,21-30,32,34-37H2,1-5H3,(H-,41,44,45,46)/p+1/b13-11+,20-18+,33-31+/t38-,39+/m0/s1. The summed E-state index contributed by atoms with van der Waals surface area (Å²) in [4.78, 5) is 23.0. The van der Waals surface area contributed by atoms with Crippen LogP contribution in [0.2, 0.25) is 0 Å².